The van der Waals surface area contributed by atoms with Gasteiger partial charge in [0.2, 0.25) is 0 Å². The second-order valence-electron chi connectivity index (χ2n) is 5.26. The van der Waals surface area contributed by atoms with Gasteiger partial charge in [0.25, 0.3) is 0 Å². The molecule has 0 heterocycles. The Bertz CT molecular complexity index is 268. The van der Waals surface area contributed by atoms with Crippen LogP contribution in [0.3, 0.4) is 0 Å². The van der Waals surface area contributed by atoms with Crippen molar-refractivity contribution in [2.24, 2.45) is 0 Å². The molecule has 3 nitrogen and oxygen atoms in total. The van der Waals surface area contributed by atoms with E-state index in [2.05, 4.69) is 33.8 Å². The van der Waals surface area contributed by atoms with Gasteiger partial charge in [-0.25, -0.2) is 0 Å². The van der Waals surface area contributed by atoms with Crippen molar-refractivity contribution in [3.05, 3.63) is 0 Å². The Morgan fingerprint density at radius 2 is 1.61 bits per heavy atom. The molecule has 0 aromatic rings. The van der Waals surface area contributed by atoms with E-state index < -0.39 is 15.2 Å². The summed E-state index contributed by atoms with van der Waals surface area (Å²) >= 11 is 0. The molecule has 0 aliphatic heterocycles. The zero-order valence-electron chi connectivity index (χ0n) is 12.4. The monoisotopic (exact) mass is 269 g/mol. The van der Waals surface area contributed by atoms with Crippen LogP contribution in [0.4, 0.5) is 0 Å². The minimum absolute atomic E-state index is 0.194. The maximum Gasteiger partial charge on any atom is 0.451 e. The minimum atomic E-state index is -1.59. The molecule has 0 aromatic carbocycles. The molecule has 0 fully saturated rings. The van der Waals surface area contributed by atoms with E-state index in [0.717, 1.165) is 37.4 Å². The maximum absolute atomic E-state index is 9.73. The lowest BCUT2D eigenvalue weighted by atomic mass is 9.82. The zero-order chi connectivity index (χ0) is 14.2. The summed E-state index contributed by atoms with van der Waals surface area (Å²) in [6, 6.07) is 6.06. The Kier molecular flexibility index (Phi) is 7.85. The topological polar surface area (TPSA) is 64.2 Å². The van der Waals surface area contributed by atoms with Gasteiger partial charge in [0.15, 0.2) is 0 Å². The van der Waals surface area contributed by atoms with Crippen LogP contribution < -0.4 is 0 Å². The van der Waals surface area contributed by atoms with E-state index in [4.69, 9.17) is 10.0 Å². The number of rotatable bonds is 9. The molecule has 0 aliphatic rings. The SMILES string of the molecule is CCC(C#N)(CCCB(O)O)[Si](CC)(CC)CC. The van der Waals surface area contributed by atoms with Crippen LogP contribution in [-0.4, -0.2) is 25.2 Å². The van der Waals surface area contributed by atoms with E-state index in [-0.39, 0.29) is 5.04 Å². The van der Waals surface area contributed by atoms with Crippen LogP contribution in [0, 0.1) is 11.3 Å². The van der Waals surface area contributed by atoms with E-state index in [0.29, 0.717) is 6.32 Å². The van der Waals surface area contributed by atoms with E-state index in [1.54, 1.807) is 0 Å². The molecule has 0 radical (unpaired) electrons. The Labute approximate surface area is 113 Å². The third kappa shape index (κ3) is 3.60. The molecule has 18 heavy (non-hydrogen) atoms. The smallest absolute Gasteiger partial charge is 0.427 e. The Morgan fingerprint density at radius 1 is 1.11 bits per heavy atom. The van der Waals surface area contributed by atoms with E-state index in [1.807, 2.05) is 0 Å². The number of nitrogens with zero attached hydrogens (tertiary/aromatic N) is 1. The van der Waals surface area contributed by atoms with Crippen LogP contribution in [-0.2, 0) is 0 Å². The Hall–Kier alpha value is -0.308. The van der Waals surface area contributed by atoms with Crippen LogP contribution in [0.15, 0.2) is 0 Å². The average molecular weight is 269 g/mol. The zero-order valence-corrected chi connectivity index (χ0v) is 13.4. The normalized spacial score (nSPS) is 14.9. The molecule has 2 N–H and O–H groups in total. The van der Waals surface area contributed by atoms with Gasteiger partial charge in [0.05, 0.1) is 19.2 Å². The lowest BCUT2D eigenvalue weighted by molar-refractivity contribution is 0.399. The Balaban J connectivity index is 5.05. The van der Waals surface area contributed by atoms with Crippen LogP contribution in [0.25, 0.3) is 0 Å². The van der Waals surface area contributed by atoms with Crippen LogP contribution >= 0.6 is 0 Å². The van der Waals surface area contributed by atoms with Gasteiger partial charge in [-0.05, 0) is 19.2 Å². The summed E-state index contributed by atoms with van der Waals surface area (Å²) in [4.78, 5) is 0. The van der Waals surface area contributed by atoms with Gasteiger partial charge in [-0.3, -0.25) is 0 Å². The molecule has 0 amide bonds. The summed E-state index contributed by atoms with van der Waals surface area (Å²) in [5.41, 5.74) is 0. The predicted octanol–water partition coefficient (Wildman–Crippen LogP) is 3.42. The first kappa shape index (κ1) is 17.7. The van der Waals surface area contributed by atoms with Gasteiger partial charge in [-0.2, -0.15) is 5.26 Å². The molecule has 5 heteroatoms. The van der Waals surface area contributed by atoms with Crippen molar-refractivity contribution in [2.45, 2.75) is 76.4 Å². The lowest BCUT2D eigenvalue weighted by Gasteiger charge is -2.44. The first-order chi connectivity index (χ1) is 8.47. The predicted molar refractivity (Wildman–Crippen MR) is 80.0 cm³/mol. The summed E-state index contributed by atoms with van der Waals surface area (Å²) in [5.74, 6) is 0. The Morgan fingerprint density at radius 3 is 1.89 bits per heavy atom. The summed E-state index contributed by atoms with van der Waals surface area (Å²) in [6.45, 7) is 8.78. The first-order valence-electron chi connectivity index (χ1n) is 7.24. The van der Waals surface area contributed by atoms with Gasteiger partial charge in [-0.15, -0.1) is 0 Å². The highest BCUT2D eigenvalue weighted by Gasteiger charge is 2.48. The van der Waals surface area contributed by atoms with Gasteiger partial charge >= 0.3 is 7.12 Å². The maximum atomic E-state index is 9.73. The van der Waals surface area contributed by atoms with Gasteiger partial charge in [0, 0.05) is 0 Å². The standard InChI is InChI=1S/C13H28BNO2Si/c1-5-13(12-15,10-9-11-14(16)17)18(6-2,7-3)8-4/h16-17H,5-11H2,1-4H3. The summed E-state index contributed by atoms with van der Waals surface area (Å²) in [7, 11) is -2.83. The fourth-order valence-corrected chi connectivity index (χ4v) is 8.65. The molecule has 1 unspecified atom stereocenters. The highest BCUT2D eigenvalue weighted by molar-refractivity contribution is 6.83. The van der Waals surface area contributed by atoms with E-state index in [9.17, 15) is 5.26 Å². The van der Waals surface area contributed by atoms with E-state index in [1.165, 1.54) is 0 Å². The van der Waals surface area contributed by atoms with Crippen molar-refractivity contribution in [3.63, 3.8) is 0 Å². The molecule has 0 bridgehead atoms. The average Bonchev–Trinajstić information content (AvgIpc) is 2.38. The van der Waals surface area contributed by atoms with Gasteiger partial charge in [0.1, 0.15) is 0 Å². The summed E-state index contributed by atoms with van der Waals surface area (Å²) in [5, 5.41) is 27.4. The van der Waals surface area contributed by atoms with E-state index >= 15 is 0 Å². The molecule has 0 spiro atoms. The fourth-order valence-electron chi connectivity index (χ4n) is 3.42. The second kappa shape index (κ2) is 7.98. The number of nitriles is 1. The number of hydrogen-bond donors (Lipinski definition) is 2. The van der Waals surface area contributed by atoms with Crippen molar-refractivity contribution in [3.8, 4) is 6.07 Å². The summed E-state index contributed by atoms with van der Waals surface area (Å²) < 4.78 is 0. The third-order valence-electron chi connectivity index (χ3n) is 4.93. The fraction of sp³-hybridized carbons (Fsp3) is 0.923. The first-order valence-corrected chi connectivity index (χ1v) is 9.87. The molecule has 0 saturated carbocycles. The lowest BCUT2D eigenvalue weighted by Crippen LogP contribution is -2.45. The molecule has 0 aliphatic carbocycles. The highest BCUT2D eigenvalue weighted by Crippen LogP contribution is 2.51. The molecular weight excluding hydrogens is 241 g/mol. The van der Waals surface area contributed by atoms with Crippen LogP contribution in [0.1, 0.15) is 47.0 Å². The van der Waals surface area contributed by atoms with Gasteiger partial charge in [-0.1, -0.05) is 52.2 Å². The summed E-state index contributed by atoms with van der Waals surface area (Å²) in [6.07, 6.45) is 2.82. The van der Waals surface area contributed by atoms with Crippen molar-refractivity contribution >= 4 is 15.2 Å². The molecule has 0 rings (SSSR count). The van der Waals surface area contributed by atoms with Crippen LogP contribution in [0.2, 0.25) is 29.5 Å². The molecule has 1 atom stereocenters. The largest absolute Gasteiger partial charge is 0.451 e. The highest BCUT2D eigenvalue weighted by atomic mass is 28.3. The molecule has 104 valence electrons. The number of hydrogen-bond acceptors (Lipinski definition) is 3. The third-order valence-corrected chi connectivity index (χ3v) is 11.7. The molecule has 0 aromatic heterocycles. The molecule has 0 saturated heterocycles. The molecular formula is C13H28BNO2Si. The van der Waals surface area contributed by atoms with Crippen molar-refractivity contribution in [1.82, 2.24) is 0 Å². The minimum Gasteiger partial charge on any atom is -0.427 e. The second-order valence-corrected chi connectivity index (χ2v) is 10.9. The van der Waals surface area contributed by atoms with Gasteiger partial charge < -0.3 is 10.0 Å². The van der Waals surface area contributed by atoms with Crippen LogP contribution in [0.5, 0.6) is 0 Å². The van der Waals surface area contributed by atoms with Crippen molar-refractivity contribution < 1.29 is 10.0 Å². The van der Waals surface area contributed by atoms with Crippen molar-refractivity contribution in [1.29, 1.82) is 5.26 Å². The quantitative estimate of drug-likeness (QED) is 0.630. The van der Waals surface area contributed by atoms with Crippen molar-refractivity contribution in [2.75, 3.05) is 0 Å².